The Bertz CT molecular complexity index is 492. The minimum Gasteiger partial charge on any atom is -0.370 e. The summed E-state index contributed by atoms with van der Waals surface area (Å²) >= 11 is 3.70. The number of carbonyl (C=O) groups excluding carboxylic acids is 1. The fourth-order valence-corrected chi connectivity index (χ4v) is 3.70. The average Bonchev–Trinajstić information content (AvgIpc) is 2.77. The maximum atomic E-state index is 11.0. The number of nitrogens with zero attached hydrogens (tertiary/aromatic N) is 3. The van der Waals surface area contributed by atoms with Gasteiger partial charge in [-0.15, -0.1) is 0 Å². The second kappa shape index (κ2) is 7.40. The number of rotatable bonds is 6. The molecule has 0 radical (unpaired) electrons. The van der Waals surface area contributed by atoms with Crippen LogP contribution in [0, 0.1) is 5.92 Å². The lowest BCUT2D eigenvalue weighted by molar-refractivity contribution is -0.119. The molecule has 0 unspecified atom stereocenters. The van der Waals surface area contributed by atoms with Crippen molar-refractivity contribution in [1.29, 1.82) is 0 Å². The first kappa shape index (κ1) is 16.5. The van der Waals surface area contributed by atoms with E-state index in [-0.39, 0.29) is 5.91 Å². The van der Waals surface area contributed by atoms with Crippen molar-refractivity contribution in [2.45, 2.75) is 52.6 Å². The van der Waals surface area contributed by atoms with Crippen LogP contribution in [-0.4, -0.2) is 33.7 Å². The van der Waals surface area contributed by atoms with Gasteiger partial charge in [0.2, 0.25) is 5.91 Å². The summed E-state index contributed by atoms with van der Waals surface area (Å²) < 4.78 is 3.25. The monoisotopic (exact) mass is 356 g/mol. The highest BCUT2D eigenvalue weighted by Gasteiger charge is 2.23. The van der Waals surface area contributed by atoms with Crippen LogP contribution in [0.15, 0.2) is 4.47 Å². The fraction of sp³-hybridized carbons (Fsp3) is 0.733. The van der Waals surface area contributed by atoms with Gasteiger partial charge in [0, 0.05) is 19.5 Å². The van der Waals surface area contributed by atoms with Gasteiger partial charge in [-0.25, -0.2) is 0 Å². The number of likely N-dealkylation sites (tertiary alicyclic amines) is 1. The van der Waals surface area contributed by atoms with E-state index in [1.54, 1.807) is 0 Å². The summed E-state index contributed by atoms with van der Waals surface area (Å²) in [6.45, 7) is 8.13. The number of piperidine rings is 1. The molecule has 2 rings (SSSR count). The summed E-state index contributed by atoms with van der Waals surface area (Å²) in [6, 6.07) is 0. The van der Waals surface area contributed by atoms with Crippen LogP contribution in [0.25, 0.3) is 0 Å². The third kappa shape index (κ3) is 4.07. The van der Waals surface area contributed by atoms with Gasteiger partial charge in [0.1, 0.15) is 0 Å². The van der Waals surface area contributed by atoms with Crippen molar-refractivity contribution in [2.24, 2.45) is 11.7 Å². The number of amides is 1. The summed E-state index contributed by atoms with van der Waals surface area (Å²) in [5.74, 6) is 0.289. The standard InChI is InChI=1S/C15H25BrN4O/c1-3-12-15(16)13(20(4-2)18-12)10-19-7-5-11(6-8-19)9-14(17)21/h11H,3-10H2,1-2H3,(H2,17,21). The number of halogens is 1. The van der Waals surface area contributed by atoms with E-state index in [0.29, 0.717) is 12.3 Å². The highest BCUT2D eigenvalue weighted by molar-refractivity contribution is 9.10. The van der Waals surface area contributed by atoms with Gasteiger partial charge >= 0.3 is 0 Å². The molecule has 1 fully saturated rings. The van der Waals surface area contributed by atoms with Crippen LogP contribution in [0.3, 0.4) is 0 Å². The number of hydrogen-bond acceptors (Lipinski definition) is 3. The summed E-state index contributed by atoms with van der Waals surface area (Å²) in [7, 11) is 0. The van der Waals surface area contributed by atoms with Crippen molar-refractivity contribution in [3.05, 3.63) is 15.9 Å². The second-order valence-corrected chi connectivity index (χ2v) is 6.56. The number of aryl methyl sites for hydroxylation is 2. The van der Waals surface area contributed by atoms with Crippen molar-refractivity contribution in [3.8, 4) is 0 Å². The molecule has 1 aliphatic rings. The number of aromatic nitrogens is 2. The molecule has 6 heteroatoms. The lowest BCUT2D eigenvalue weighted by Crippen LogP contribution is -2.35. The zero-order valence-electron chi connectivity index (χ0n) is 12.9. The summed E-state index contributed by atoms with van der Waals surface area (Å²) in [5.41, 5.74) is 7.69. The Kier molecular flexibility index (Phi) is 5.81. The number of carbonyl (C=O) groups is 1. The van der Waals surface area contributed by atoms with Crippen molar-refractivity contribution < 1.29 is 4.79 Å². The SMILES string of the molecule is CCc1nn(CC)c(CN2CCC(CC(N)=O)CC2)c1Br. The molecule has 1 aliphatic heterocycles. The summed E-state index contributed by atoms with van der Waals surface area (Å²) in [6.07, 6.45) is 3.59. The first-order valence-electron chi connectivity index (χ1n) is 7.79. The lowest BCUT2D eigenvalue weighted by atomic mass is 9.93. The van der Waals surface area contributed by atoms with Gasteiger partial charge in [0.25, 0.3) is 0 Å². The molecule has 2 heterocycles. The number of primary amides is 1. The molecule has 21 heavy (non-hydrogen) atoms. The van der Waals surface area contributed by atoms with Crippen LogP contribution in [0.5, 0.6) is 0 Å². The van der Waals surface area contributed by atoms with E-state index in [0.717, 1.165) is 55.6 Å². The molecule has 0 bridgehead atoms. The number of nitrogens with two attached hydrogens (primary N) is 1. The minimum atomic E-state index is -0.173. The molecule has 1 amide bonds. The van der Waals surface area contributed by atoms with Crippen LogP contribution in [0.2, 0.25) is 0 Å². The quantitative estimate of drug-likeness (QED) is 0.850. The Hall–Kier alpha value is -0.880. The molecule has 2 N–H and O–H groups in total. The van der Waals surface area contributed by atoms with Gasteiger partial charge in [-0.05, 0) is 61.1 Å². The molecular weight excluding hydrogens is 332 g/mol. The van der Waals surface area contributed by atoms with Gasteiger partial charge in [0.05, 0.1) is 15.9 Å². The van der Waals surface area contributed by atoms with Crippen molar-refractivity contribution in [2.75, 3.05) is 13.1 Å². The van der Waals surface area contributed by atoms with Crippen molar-refractivity contribution in [3.63, 3.8) is 0 Å². The van der Waals surface area contributed by atoms with Gasteiger partial charge in [0.15, 0.2) is 0 Å². The Morgan fingerprint density at radius 2 is 2.05 bits per heavy atom. The molecule has 118 valence electrons. The highest BCUT2D eigenvalue weighted by atomic mass is 79.9. The molecular formula is C15H25BrN4O. The molecule has 0 atom stereocenters. The fourth-order valence-electron chi connectivity index (χ4n) is 3.01. The first-order valence-corrected chi connectivity index (χ1v) is 8.59. The molecule has 1 aromatic rings. The van der Waals surface area contributed by atoms with Crippen LogP contribution in [0.4, 0.5) is 0 Å². The zero-order valence-corrected chi connectivity index (χ0v) is 14.5. The van der Waals surface area contributed by atoms with E-state index in [1.165, 1.54) is 5.69 Å². The van der Waals surface area contributed by atoms with Crippen LogP contribution >= 0.6 is 15.9 Å². The van der Waals surface area contributed by atoms with E-state index in [1.807, 2.05) is 0 Å². The Labute approximate surface area is 135 Å². The smallest absolute Gasteiger partial charge is 0.217 e. The summed E-state index contributed by atoms with van der Waals surface area (Å²) in [4.78, 5) is 13.4. The van der Waals surface area contributed by atoms with Crippen LogP contribution in [-0.2, 0) is 24.3 Å². The second-order valence-electron chi connectivity index (χ2n) is 5.77. The normalized spacial score (nSPS) is 17.3. The maximum Gasteiger partial charge on any atom is 0.217 e. The molecule has 0 aliphatic carbocycles. The molecule has 0 spiro atoms. The van der Waals surface area contributed by atoms with E-state index < -0.39 is 0 Å². The number of hydrogen-bond donors (Lipinski definition) is 1. The van der Waals surface area contributed by atoms with Crippen molar-refractivity contribution in [1.82, 2.24) is 14.7 Å². The first-order chi connectivity index (χ1) is 10.0. The Balaban J connectivity index is 1.97. The van der Waals surface area contributed by atoms with Crippen LogP contribution < -0.4 is 5.73 Å². The van der Waals surface area contributed by atoms with Gasteiger partial charge < -0.3 is 5.73 Å². The lowest BCUT2D eigenvalue weighted by Gasteiger charge is -2.31. The van der Waals surface area contributed by atoms with E-state index in [4.69, 9.17) is 5.73 Å². The topological polar surface area (TPSA) is 64.2 Å². The average molecular weight is 357 g/mol. The maximum absolute atomic E-state index is 11.0. The minimum absolute atomic E-state index is 0.173. The molecule has 0 aromatic carbocycles. The predicted molar refractivity (Wildman–Crippen MR) is 86.8 cm³/mol. The van der Waals surface area contributed by atoms with E-state index in [2.05, 4.69) is 44.5 Å². The summed E-state index contributed by atoms with van der Waals surface area (Å²) in [5, 5.41) is 4.65. The third-order valence-corrected chi connectivity index (χ3v) is 5.18. The highest BCUT2D eigenvalue weighted by Crippen LogP contribution is 2.26. The largest absolute Gasteiger partial charge is 0.370 e. The molecule has 5 nitrogen and oxygen atoms in total. The molecule has 1 saturated heterocycles. The molecule has 0 saturated carbocycles. The van der Waals surface area contributed by atoms with Gasteiger partial charge in [-0.3, -0.25) is 14.4 Å². The zero-order chi connectivity index (χ0) is 15.4. The van der Waals surface area contributed by atoms with Gasteiger partial charge in [-0.2, -0.15) is 5.10 Å². The Morgan fingerprint density at radius 3 is 2.57 bits per heavy atom. The molecule has 1 aromatic heterocycles. The van der Waals surface area contributed by atoms with Crippen LogP contribution in [0.1, 0.15) is 44.5 Å². The predicted octanol–water partition coefficient (Wildman–Crippen LogP) is 2.32. The van der Waals surface area contributed by atoms with Gasteiger partial charge in [-0.1, -0.05) is 6.92 Å². The van der Waals surface area contributed by atoms with E-state index in [9.17, 15) is 4.79 Å². The Morgan fingerprint density at radius 1 is 1.38 bits per heavy atom. The third-order valence-electron chi connectivity index (χ3n) is 4.26. The van der Waals surface area contributed by atoms with Crippen molar-refractivity contribution >= 4 is 21.8 Å². The van der Waals surface area contributed by atoms with E-state index >= 15 is 0 Å².